The summed E-state index contributed by atoms with van der Waals surface area (Å²) in [5.41, 5.74) is -0.652. The number of methoxy groups -OCH3 is 2. The lowest BCUT2D eigenvalue weighted by Gasteiger charge is -2.31. The number of alkyl carbamates (subject to hydrolysis) is 1. The Labute approximate surface area is 159 Å². The Morgan fingerprint density at radius 1 is 1.19 bits per heavy atom. The zero-order valence-corrected chi connectivity index (χ0v) is 17.1. The lowest BCUT2D eigenvalue weighted by molar-refractivity contribution is -0.219. The van der Waals surface area contributed by atoms with Crippen LogP contribution in [-0.4, -0.2) is 68.3 Å². The van der Waals surface area contributed by atoms with Gasteiger partial charge >= 0.3 is 12.1 Å². The van der Waals surface area contributed by atoms with E-state index in [9.17, 15) is 9.59 Å². The van der Waals surface area contributed by atoms with Crippen LogP contribution in [-0.2, 0) is 33.2 Å². The zero-order chi connectivity index (χ0) is 20.4. The monoisotopic (exact) mass is 389 g/mol. The maximum Gasteiger partial charge on any atom is 0.407 e. The van der Waals surface area contributed by atoms with Crippen molar-refractivity contribution in [1.29, 1.82) is 0 Å². The van der Waals surface area contributed by atoms with Crippen molar-refractivity contribution in [3.63, 3.8) is 0 Å². The summed E-state index contributed by atoms with van der Waals surface area (Å²) in [6.45, 7) is 8.91. The Hall–Kier alpha value is -1.42. The number of hydrogen-bond donors (Lipinski definition) is 1. The average Bonchev–Trinajstić information content (AvgIpc) is 3.00. The minimum absolute atomic E-state index is 0.107. The van der Waals surface area contributed by atoms with E-state index < -0.39 is 48.1 Å². The highest BCUT2D eigenvalue weighted by Crippen LogP contribution is 2.40. The number of amides is 1. The van der Waals surface area contributed by atoms with E-state index in [1.165, 1.54) is 7.11 Å². The van der Waals surface area contributed by atoms with Crippen molar-refractivity contribution in [2.24, 2.45) is 0 Å². The molecule has 27 heavy (non-hydrogen) atoms. The molecule has 2 rings (SSSR count). The molecule has 0 aliphatic carbocycles. The van der Waals surface area contributed by atoms with Crippen LogP contribution in [0.5, 0.6) is 0 Å². The summed E-state index contributed by atoms with van der Waals surface area (Å²) in [6, 6.07) is -0.551. The molecule has 0 bridgehead atoms. The van der Waals surface area contributed by atoms with Gasteiger partial charge < -0.3 is 33.7 Å². The van der Waals surface area contributed by atoms with Crippen LogP contribution in [0.25, 0.3) is 0 Å². The molecule has 0 unspecified atom stereocenters. The second kappa shape index (κ2) is 8.30. The minimum Gasteiger partial charge on any atom is -0.469 e. The molecule has 2 saturated heterocycles. The summed E-state index contributed by atoms with van der Waals surface area (Å²) in [6.07, 6.45) is -2.30. The molecule has 2 heterocycles. The van der Waals surface area contributed by atoms with Crippen molar-refractivity contribution >= 4 is 12.1 Å². The summed E-state index contributed by atoms with van der Waals surface area (Å²) in [5, 5.41) is 2.78. The number of nitrogens with one attached hydrogen (secondary N) is 1. The lowest BCUT2D eigenvalue weighted by atomic mass is 9.99. The molecule has 5 atom stereocenters. The molecule has 9 nitrogen and oxygen atoms in total. The first kappa shape index (κ1) is 21.9. The second-order valence-corrected chi connectivity index (χ2v) is 8.14. The van der Waals surface area contributed by atoms with Gasteiger partial charge in [-0.05, 0) is 41.0 Å². The third-order valence-electron chi connectivity index (χ3n) is 4.28. The van der Waals surface area contributed by atoms with E-state index in [-0.39, 0.29) is 12.4 Å². The van der Waals surface area contributed by atoms with Crippen LogP contribution in [0.3, 0.4) is 0 Å². The standard InChI is InChI=1S/C18H31NO8/c1-17(2,3)27-16(21)19-10(8-9-11(20)22-6)12-13(23-7)14-15(24-12)26-18(4,5)25-14/h10,12-15H,8-9H2,1-7H3,(H,19,21)/t10-,12+,13-,14+,15+/m0/s1. The Kier molecular flexibility index (Phi) is 6.72. The van der Waals surface area contributed by atoms with E-state index in [4.69, 9.17) is 28.4 Å². The van der Waals surface area contributed by atoms with Crippen LogP contribution in [0.15, 0.2) is 0 Å². The maximum absolute atomic E-state index is 12.3. The number of rotatable bonds is 6. The summed E-state index contributed by atoms with van der Waals surface area (Å²) in [7, 11) is 2.86. The molecular formula is C18H31NO8. The molecule has 2 aliphatic heterocycles. The van der Waals surface area contributed by atoms with Gasteiger partial charge in [-0.3, -0.25) is 4.79 Å². The largest absolute Gasteiger partial charge is 0.469 e. The van der Waals surface area contributed by atoms with Crippen molar-refractivity contribution in [3.05, 3.63) is 0 Å². The molecule has 0 saturated carbocycles. The fourth-order valence-corrected chi connectivity index (χ4v) is 3.25. The quantitative estimate of drug-likeness (QED) is 0.685. The van der Waals surface area contributed by atoms with E-state index in [0.29, 0.717) is 6.42 Å². The van der Waals surface area contributed by atoms with E-state index in [1.807, 2.05) is 0 Å². The molecule has 0 aromatic rings. The number of carbonyl (C=O) groups excluding carboxylic acids is 2. The molecule has 0 spiro atoms. The molecule has 156 valence electrons. The summed E-state index contributed by atoms with van der Waals surface area (Å²) >= 11 is 0. The van der Waals surface area contributed by atoms with Crippen molar-refractivity contribution in [2.75, 3.05) is 14.2 Å². The smallest absolute Gasteiger partial charge is 0.407 e. The molecule has 1 N–H and O–H groups in total. The number of carbonyl (C=O) groups is 2. The average molecular weight is 389 g/mol. The van der Waals surface area contributed by atoms with E-state index in [0.717, 1.165) is 0 Å². The number of hydrogen-bond acceptors (Lipinski definition) is 8. The van der Waals surface area contributed by atoms with Crippen LogP contribution >= 0.6 is 0 Å². The topological polar surface area (TPSA) is 102 Å². The predicted octanol–water partition coefficient (Wildman–Crippen LogP) is 1.72. The van der Waals surface area contributed by atoms with Gasteiger partial charge in [-0.2, -0.15) is 0 Å². The van der Waals surface area contributed by atoms with Crippen LogP contribution < -0.4 is 5.32 Å². The fraction of sp³-hybridized carbons (Fsp3) is 0.889. The predicted molar refractivity (Wildman–Crippen MR) is 93.9 cm³/mol. The highest BCUT2D eigenvalue weighted by molar-refractivity contribution is 5.70. The maximum atomic E-state index is 12.3. The molecule has 1 amide bonds. The van der Waals surface area contributed by atoms with Crippen molar-refractivity contribution in [2.45, 2.75) is 89.5 Å². The van der Waals surface area contributed by atoms with Gasteiger partial charge in [0.1, 0.15) is 23.9 Å². The van der Waals surface area contributed by atoms with E-state index in [1.54, 1.807) is 41.7 Å². The first-order valence-corrected chi connectivity index (χ1v) is 9.06. The van der Waals surface area contributed by atoms with Crippen LogP contribution in [0.1, 0.15) is 47.5 Å². The molecule has 0 aromatic heterocycles. The highest BCUT2D eigenvalue weighted by atomic mass is 16.8. The van der Waals surface area contributed by atoms with Gasteiger partial charge in [0, 0.05) is 13.5 Å². The third kappa shape index (κ3) is 5.78. The van der Waals surface area contributed by atoms with Crippen LogP contribution in [0.4, 0.5) is 4.79 Å². The van der Waals surface area contributed by atoms with Gasteiger partial charge in [0.25, 0.3) is 0 Å². The van der Waals surface area contributed by atoms with E-state index >= 15 is 0 Å². The number of esters is 1. The van der Waals surface area contributed by atoms with Crippen LogP contribution in [0, 0.1) is 0 Å². The van der Waals surface area contributed by atoms with Gasteiger partial charge in [-0.25, -0.2) is 4.79 Å². The van der Waals surface area contributed by atoms with Gasteiger partial charge in [-0.1, -0.05) is 0 Å². The molecule has 2 aliphatic rings. The lowest BCUT2D eigenvalue weighted by Crippen LogP contribution is -2.51. The van der Waals surface area contributed by atoms with E-state index in [2.05, 4.69) is 5.32 Å². The Bertz CT molecular complexity index is 544. The Morgan fingerprint density at radius 3 is 2.41 bits per heavy atom. The van der Waals surface area contributed by atoms with Crippen molar-refractivity contribution in [1.82, 2.24) is 5.32 Å². The Balaban J connectivity index is 2.12. The molecule has 0 aromatic carbocycles. The Morgan fingerprint density at radius 2 is 1.85 bits per heavy atom. The van der Waals surface area contributed by atoms with Crippen molar-refractivity contribution < 1.29 is 38.0 Å². The molecule has 0 radical (unpaired) electrons. The number of ether oxygens (including phenoxy) is 6. The van der Waals surface area contributed by atoms with Crippen molar-refractivity contribution in [3.8, 4) is 0 Å². The van der Waals surface area contributed by atoms with Gasteiger partial charge in [0.05, 0.1) is 13.2 Å². The van der Waals surface area contributed by atoms with Gasteiger partial charge in [0.15, 0.2) is 12.1 Å². The summed E-state index contributed by atoms with van der Waals surface area (Å²) < 4.78 is 33.2. The zero-order valence-electron chi connectivity index (χ0n) is 17.1. The summed E-state index contributed by atoms with van der Waals surface area (Å²) in [4.78, 5) is 23.9. The minimum atomic E-state index is -0.781. The molecule has 2 fully saturated rings. The number of fused-ring (bicyclic) bond motifs is 1. The second-order valence-electron chi connectivity index (χ2n) is 8.14. The highest BCUT2D eigenvalue weighted by Gasteiger charge is 2.57. The third-order valence-corrected chi connectivity index (χ3v) is 4.28. The first-order chi connectivity index (χ1) is 12.5. The fourth-order valence-electron chi connectivity index (χ4n) is 3.25. The SMILES string of the molecule is COC(=O)CC[C@H](NC(=O)OC(C)(C)C)[C@H]1O[C@@H]2OC(C)(C)O[C@@H]2[C@H]1OC. The van der Waals surface area contributed by atoms with Gasteiger partial charge in [0.2, 0.25) is 0 Å². The molecular weight excluding hydrogens is 358 g/mol. The molecule has 9 heteroatoms. The normalized spacial score (nSPS) is 30.5. The first-order valence-electron chi connectivity index (χ1n) is 9.06. The van der Waals surface area contributed by atoms with Crippen LogP contribution in [0.2, 0.25) is 0 Å². The summed E-state index contributed by atoms with van der Waals surface area (Å²) in [5.74, 6) is -1.16. The van der Waals surface area contributed by atoms with Gasteiger partial charge in [-0.15, -0.1) is 0 Å².